The summed E-state index contributed by atoms with van der Waals surface area (Å²) in [7, 11) is 0. The van der Waals surface area contributed by atoms with E-state index in [0.29, 0.717) is 17.4 Å². The molecule has 5 heteroatoms. The van der Waals surface area contributed by atoms with Crippen LogP contribution in [0.4, 0.5) is 0 Å². The van der Waals surface area contributed by atoms with Gasteiger partial charge in [0.2, 0.25) is 5.89 Å². The number of rotatable bonds is 6. The van der Waals surface area contributed by atoms with Crippen LogP contribution in [0.25, 0.3) is 44.5 Å². The van der Waals surface area contributed by atoms with Gasteiger partial charge in [0, 0.05) is 29.2 Å². The molecule has 0 saturated heterocycles. The lowest BCUT2D eigenvalue weighted by atomic mass is 10.1. The van der Waals surface area contributed by atoms with Gasteiger partial charge in [0.05, 0.1) is 11.8 Å². The summed E-state index contributed by atoms with van der Waals surface area (Å²) >= 11 is 0. The highest BCUT2D eigenvalue weighted by Gasteiger charge is 2.16. The molecule has 2 heterocycles. The Hall–Kier alpha value is -4.82. The van der Waals surface area contributed by atoms with Crippen molar-refractivity contribution < 1.29 is 9.15 Å². The van der Waals surface area contributed by atoms with Gasteiger partial charge >= 0.3 is 0 Å². The van der Waals surface area contributed by atoms with Gasteiger partial charge in [-0.25, -0.2) is 4.98 Å². The summed E-state index contributed by atoms with van der Waals surface area (Å²) in [6.07, 6.45) is 3.90. The van der Waals surface area contributed by atoms with E-state index in [9.17, 15) is 0 Å². The number of oxazole rings is 1. The van der Waals surface area contributed by atoms with Crippen LogP contribution in [0, 0.1) is 11.3 Å². The molecule has 0 N–H and O–H groups in total. The molecule has 0 spiro atoms. The second-order valence-corrected chi connectivity index (χ2v) is 8.37. The van der Waals surface area contributed by atoms with Crippen LogP contribution >= 0.6 is 0 Å². The minimum Gasteiger partial charge on any atom is -0.479 e. The second kappa shape index (κ2) is 8.85. The molecule has 0 saturated carbocycles. The zero-order valence-corrected chi connectivity index (χ0v) is 18.9. The number of fused-ring (bicyclic) bond motifs is 2. The van der Waals surface area contributed by atoms with E-state index in [-0.39, 0.29) is 6.61 Å². The average Bonchev–Trinajstić information content (AvgIpc) is 3.53. The van der Waals surface area contributed by atoms with Gasteiger partial charge in [0.25, 0.3) is 0 Å². The average molecular weight is 456 g/mol. The summed E-state index contributed by atoms with van der Waals surface area (Å²) in [4.78, 5) is 4.63. The minimum atomic E-state index is 0.0339. The van der Waals surface area contributed by atoms with Crippen molar-refractivity contribution in [2.24, 2.45) is 0 Å². The smallest absolute Gasteiger partial charge is 0.228 e. The molecule has 0 bridgehead atoms. The molecule has 0 radical (unpaired) electrons. The maximum absolute atomic E-state index is 8.72. The minimum absolute atomic E-state index is 0.0339. The Balaban J connectivity index is 1.34. The van der Waals surface area contributed by atoms with Gasteiger partial charge in [-0.05, 0) is 40.6 Å². The molecule has 0 fully saturated rings. The van der Waals surface area contributed by atoms with E-state index in [1.165, 1.54) is 5.56 Å². The van der Waals surface area contributed by atoms with E-state index in [4.69, 9.17) is 14.4 Å². The van der Waals surface area contributed by atoms with Crippen molar-refractivity contribution in [2.75, 3.05) is 6.61 Å². The van der Waals surface area contributed by atoms with E-state index in [1.807, 2.05) is 48.5 Å². The Bertz CT molecular complexity index is 1690. The monoisotopic (exact) mass is 455 g/mol. The maximum Gasteiger partial charge on any atom is 0.228 e. The molecule has 4 aromatic carbocycles. The fraction of sp³-hybridized carbons (Fsp3) is 0.0667. The normalized spacial score (nSPS) is 11.1. The summed E-state index contributed by atoms with van der Waals surface area (Å²) in [6.45, 7) is 0.811. The van der Waals surface area contributed by atoms with Gasteiger partial charge in [0.15, 0.2) is 12.4 Å². The molecule has 0 atom stereocenters. The molecule has 35 heavy (non-hydrogen) atoms. The van der Waals surface area contributed by atoms with Crippen molar-refractivity contribution in [1.29, 1.82) is 5.26 Å². The topological polar surface area (TPSA) is 64.0 Å². The summed E-state index contributed by atoms with van der Waals surface area (Å²) in [6, 6.07) is 32.7. The number of aromatic nitrogens is 2. The summed E-state index contributed by atoms with van der Waals surface area (Å²) in [5, 5.41) is 11.9. The van der Waals surface area contributed by atoms with Gasteiger partial charge in [-0.1, -0.05) is 66.7 Å². The van der Waals surface area contributed by atoms with Crippen LogP contribution in [0.15, 0.2) is 108 Å². The molecule has 6 aromatic rings. The lowest BCUT2D eigenvalue weighted by molar-refractivity contribution is 0.368. The number of nitriles is 1. The molecule has 0 unspecified atom stereocenters. The predicted molar refractivity (Wildman–Crippen MR) is 137 cm³/mol. The van der Waals surface area contributed by atoms with Crippen molar-refractivity contribution in [3.63, 3.8) is 0 Å². The van der Waals surface area contributed by atoms with Gasteiger partial charge in [-0.15, -0.1) is 0 Å². The lowest BCUT2D eigenvalue weighted by Crippen LogP contribution is -1.97. The Morgan fingerprint density at radius 1 is 0.886 bits per heavy atom. The third kappa shape index (κ3) is 4.03. The third-order valence-corrected chi connectivity index (χ3v) is 6.12. The third-order valence-electron chi connectivity index (χ3n) is 6.12. The number of para-hydroxylation sites is 1. The van der Waals surface area contributed by atoms with E-state index < -0.39 is 0 Å². The van der Waals surface area contributed by atoms with E-state index in [0.717, 1.165) is 39.3 Å². The summed E-state index contributed by atoms with van der Waals surface area (Å²) < 4.78 is 13.9. The SMILES string of the molecule is N#CCOc1ccc2cc(-c3cnc(-c4cn(Cc5ccccc5)c5ccccc45)o3)ccc2c1. The lowest BCUT2D eigenvalue weighted by Gasteiger charge is -2.05. The van der Waals surface area contributed by atoms with Crippen LogP contribution in [0.2, 0.25) is 0 Å². The molecule has 5 nitrogen and oxygen atoms in total. The van der Waals surface area contributed by atoms with Crippen molar-refractivity contribution in [1.82, 2.24) is 9.55 Å². The first-order chi connectivity index (χ1) is 17.3. The zero-order valence-electron chi connectivity index (χ0n) is 18.9. The highest BCUT2D eigenvalue weighted by atomic mass is 16.5. The molecule has 6 rings (SSSR count). The fourth-order valence-corrected chi connectivity index (χ4v) is 4.44. The highest BCUT2D eigenvalue weighted by molar-refractivity contribution is 5.94. The Morgan fingerprint density at radius 3 is 2.57 bits per heavy atom. The molecular formula is C30H21N3O2. The van der Waals surface area contributed by atoms with Crippen molar-refractivity contribution >= 4 is 21.7 Å². The predicted octanol–water partition coefficient (Wildman–Crippen LogP) is 7.07. The molecule has 168 valence electrons. The standard InChI is InChI=1S/C30H21N3O2/c31-14-15-34-25-13-12-22-16-24(11-10-23(22)17-25)29-18-32-30(35-29)27-20-33(19-21-6-2-1-3-7-21)28-9-5-4-8-26(27)28/h1-13,16-18,20H,15,19H2. The first kappa shape index (κ1) is 20.8. The Kier molecular flexibility index (Phi) is 5.25. The molecule has 0 aliphatic carbocycles. The largest absolute Gasteiger partial charge is 0.479 e. The first-order valence-corrected chi connectivity index (χ1v) is 11.4. The van der Waals surface area contributed by atoms with Crippen molar-refractivity contribution in [2.45, 2.75) is 6.54 Å². The number of nitrogens with zero attached hydrogens (tertiary/aromatic N) is 3. The van der Waals surface area contributed by atoms with Gasteiger partial charge in [-0.3, -0.25) is 0 Å². The number of ether oxygens (including phenoxy) is 1. The van der Waals surface area contributed by atoms with Crippen LogP contribution in [-0.4, -0.2) is 16.2 Å². The number of benzene rings is 4. The number of hydrogen-bond acceptors (Lipinski definition) is 4. The second-order valence-electron chi connectivity index (χ2n) is 8.37. The molecule has 0 aliphatic rings. The van der Waals surface area contributed by atoms with Crippen LogP contribution in [0.1, 0.15) is 5.56 Å². The van der Waals surface area contributed by atoms with Crippen molar-refractivity contribution in [3.8, 4) is 34.6 Å². The Morgan fingerprint density at radius 2 is 1.69 bits per heavy atom. The van der Waals surface area contributed by atoms with Crippen molar-refractivity contribution in [3.05, 3.63) is 109 Å². The van der Waals surface area contributed by atoms with Crippen LogP contribution in [0.5, 0.6) is 5.75 Å². The van der Waals surface area contributed by atoms with Gasteiger partial charge in [-0.2, -0.15) is 5.26 Å². The summed E-state index contributed by atoms with van der Waals surface area (Å²) in [5.41, 5.74) is 4.31. The van der Waals surface area contributed by atoms with Crippen LogP contribution in [-0.2, 0) is 6.54 Å². The molecular weight excluding hydrogens is 434 g/mol. The van der Waals surface area contributed by atoms with Crippen LogP contribution < -0.4 is 4.74 Å². The van der Waals surface area contributed by atoms with E-state index in [2.05, 4.69) is 64.3 Å². The van der Waals surface area contributed by atoms with E-state index in [1.54, 1.807) is 6.20 Å². The molecule has 0 aliphatic heterocycles. The molecule has 0 amide bonds. The van der Waals surface area contributed by atoms with Crippen LogP contribution in [0.3, 0.4) is 0 Å². The first-order valence-electron chi connectivity index (χ1n) is 11.4. The summed E-state index contributed by atoms with van der Waals surface area (Å²) in [5.74, 6) is 2.00. The van der Waals surface area contributed by atoms with E-state index >= 15 is 0 Å². The fourth-order valence-electron chi connectivity index (χ4n) is 4.44. The number of hydrogen-bond donors (Lipinski definition) is 0. The molecule has 2 aromatic heterocycles. The maximum atomic E-state index is 8.72. The van der Waals surface area contributed by atoms with Gasteiger partial charge < -0.3 is 13.7 Å². The zero-order chi connectivity index (χ0) is 23.6. The highest BCUT2D eigenvalue weighted by Crippen LogP contribution is 2.34. The van der Waals surface area contributed by atoms with Gasteiger partial charge in [0.1, 0.15) is 11.8 Å². The quantitative estimate of drug-likeness (QED) is 0.269. The Labute approximate surface area is 202 Å².